The van der Waals surface area contributed by atoms with Gasteiger partial charge in [-0.3, -0.25) is 4.79 Å². The molecule has 0 atom stereocenters. The number of aromatic nitrogens is 3. The standard InChI is InChI=1S/C24H16Cl2N4O3S/c25-18-9-17(19(31)10-20(18)32)23(33)30(11-13-6-8-34-12-13)15-3-1-14(2-4-15)21-16-5-7-27-22(16)29-24(26)28-21/h1-10,12,31-32H,11H2,(H,27,28,29). The van der Waals surface area contributed by atoms with E-state index in [9.17, 15) is 15.0 Å². The molecule has 2 aromatic carbocycles. The molecule has 3 aromatic heterocycles. The van der Waals surface area contributed by atoms with Crippen LogP contribution in [0, 0.1) is 0 Å². The molecular weight excluding hydrogens is 495 g/mol. The van der Waals surface area contributed by atoms with E-state index in [2.05, 4.69) is 15.0 Å². The van der Waals surface area contributed by atoms with E-state index < -0.39 is 5.91 Å². The van der Waals surface area contributed by atoms with Gasteiger partial charge in [0.25, 0.3) is 5.91 Å². The number of phenolic OH excluding ortho intramolecular Hbond substituents is 2. The maximum Gasteiger partial charge on any atom is 0.262 e. The Hall–Kier alpha value is -3.59. The molecule has 0 aliphatic heterocycles. The second-order valence-corrected chi connectivity index (χ2v) is 9.00. The predicted octanol–water partition coefficient (Wildman–Crippen LogP) is 6.25. The van der Waals surface area contributed by atoms with E-state index in [0.717, 1.165) is 22.6 Å². The van der Waals surface area contributed by atoms with E-state index in [1.807, 2.05) is 35.0 Å². The third kappa shape index (κ3) is 4.19. The first-order valence-corrected chi connectivity index (χ1v) is 11.8. The number of benzene rings is 2. The van der Waals surface area contributed by atoms with Gasteiger partial charge >= 0.3 is 0 Å². The van der Waals surface area contributed by atoms with Crippen molar-refractivity contribution >= 4 is 57.2 Å². The number of hydrogen-bond acceptors (Lipinski definition) is 6. The normalized spacial score (nSPS) is 11.1. The average molecular weight is 511 g/mol. The number of halogens is 2. The van der Waals surface area contributed by atoms with Gasteiger partial charge in [-0.1, -0.05) is 23.7 Å². The van der Waals surface area contributed by atoms with Crippen molar-refractivity contribution in [3.05, 3.63) is 86.9 Å². The van der Waals surface area contributed by atoms with Gasteiger partial charge < -0.3 is 20.1 Å². The third-order valence-electron chi connectivity index (χ3n) is 5.30. The summed E-state index contributed by atoms with van der Waals surface area (Å²) in [6.45, 7) is 0.279. The van der Waals surface area contributed by atoms with Crippen LogP contribution in [0.15, 0.2) is 65.5 Å². The van der Waals surface area contributed by atoms with Crippen LogP contribution in [0.5, 0.6) is 11.5 Å². The Morgan fingerprint density at radius 1 is 1.03 bits per heavy atom. The van der Waals surface area contributed by atoms with Crippen molar-refractivity contribution in [1.29, 1.82) is 0 Å². The van der Waals surface area contributed by atoms with Crippen LogP contribution >= 0.6 is 34.5 Å². The maximum atomic E-state index is 13.5. The van der Waals surface area contributed by atoms with Crippen LogP contribution in [0.2, 0.25) is 10.3 Å². The molecule has 34 heavy (non-hydrogen) atoms. The van der Waals surface area contributed by atoms with Gasteiger partial charge in [0.2, 0.25) is 5.28 Å². The number of rotatable bonds is 5. The Kier molecular flexibility index (Phi) is 5.87. The molecule has 0 aliphatic carbocycles. The van der Waals surface area contributed by atoms with Gasteiger partial charge in [0.1, 0.15) is 17.1 Å². The fraction of sp³-hybridized carbons (Fsp3) is 0.0417. The predicted molar refractivity (Wildman–Crippen MR) is 134 cm³/mol. The minimum absolute atomic E-state index is 0.0151. The molecule has 3 heterocycles. The lowest BCUT2D eigenvalue weighted by Crippen LogP contribution is -2.30. The zero-order valence-electron chi connectivity index (χ0n) is 17.4. The molecule has 0 aliphatic rings. The van der Waals surface area contributed by atoms with E-state index in [1.54, 1.807) is 18.3 Å². The van der Waals surface area contributed by atoms with Crippen molar-refractivity contribution in [2.45, 2.75) is 6.54 Å². The van der Waals surface area contributed by atoms with Gasteiger partial charge in [0.05, 0.1) is 22.8 Å². The monoisotopic (exact) mass is 510 g/mol. The molecule has 5 aromatic rings. The summed E-state index contributed by atoms with van der Waals surface area (Å²) >= 11 is 13.6. The molecule has 7 nitrogen and oxygen atoms in total. The highest BCUT2D eigenvalue weighted by atomic mass is 35.5. The highest BCUT2D eigenvalue weighted by Gasteiger charge is 2.23. The first-order chi connectivity index (χ1) is 16.4. The van der Waals surface area contributed by atoms with Gasteiger partial charge in [0, 0.05) is 28.9 Å². The van der Waals surface area contributed by atoms with Gasteiger partial charge in [0.15, 0.2) is 0 Å². The van der Waals surface area contributed by atoms with E-state index in [4.69, 9.17) is 23.2 Å². The number of fused-ring (bicyclic) bond motifs is 1. The minimum atomic E-state index is -0.462. The molecule has 170 valence electrons. The number of carbonyl (C=O) groups is 1. The Morgan fingerprint density at radius 3 is 2.56 bits per heavy atom. The van der Waals surface area contributed by atoms with Crippen molar-refractivity contribution in [3.63, 3.8) is 0 Å². The zero-order valence-corrected chi connectivity index (χ0v) is 19.7. The molecule has 1 amide bonds. The van der Waals surface area contributed by atoms with Crippen molar-refractivity contribution in [2.75, 3.05) is 4.90 Å². The van der Waals surface area contributed by atoms with E-state index >= 15 is 0 Å². The lowest BCUT2D eigenvalue weighted by molar-refractivity contribution is 0.0982. The number of anilines is 1. The number of H-pyrrole nitrogens is 1. The smallest absolute Gasteiger partial charge is 0.262 e. The number of amides is 1. The number of phenols is 2. The molecule has 5 rings (SSSR count). The molecule has 10 heteroatoms. The quantitative estimate of drug-likeness (QED) is 0.242. The second kappa shape index (κ2) is 8.98. The fourth-order valence-corrected chi connectivity index (χ4v) is 4.64. The summed E-state index contributed by atoms with van der Waals surface area (Å²) in [6, 6.07) is 13.4. The average Bonchev–Trinajstić information content (AvgIpc) is 3.51. The maximum absolute atomic E-state index is 13.5. The SMILES string of the molecule is O=C(c1cc(Cl)c(O)cc1O)N(Cc1ccsc1)c1ccc(-c2nc(Cl)nc3[nH]ccc23)cc1. The van der Waals surface area contributed by atoms with Gasteiger partial charge in [-0.15, -0.1) is 0 Å². The summed E-state index contributed by atoms with van der Waals surface area (Å²) in [5.74, 6) is -1.12. The summed E-state index contributed by atoms with van der Waals surface area (Å²) in [5, 5.41) is 24.9. The summed E-state index contributed by atoms with van der Waals surface area (Å²) in [4.78, 5) is 26.6. The molecule has 0 radical (unpaired) electrons. The Morgan fingerprint density at radius 2 is 1.82 bits per heavy atom. The largest absolute Gasteiger partial charge is 0.507 e. The van der Waals surface area contributed by atoms with Gasteiger partial charge in [-0.2, -0.15) is 16.3 Å². The second-order valence-electron chi connectivity index (χ2n) is 7.47. The van der Waals surface area contributed by atoms with Crippen LogP contribution in [-0.4, -0.2) is 31.1 Å². The number of carbonyl (C=O) groups excluding carboxylic acids is 1. The van der Waals surface area contributed by atoms with Crippen LogP contribution in [0.1, 0.15) is 15.9 Å². The number of hydrogen-bond donors (Lipinski definition) is 3. The first kappa shape index (κ1) is 22.2. The van der Waals surface area contributed by atoms with Crippen LogP contribution in [0.25, 0.3) is 22.3 Å². The van der Waals surface area contributed by atoms with Crippen LogP contribution in [0.3, 0.4) is 0 Å². The zero-order chi connectivity index (χ0) is 23.8. The highest BCUT2D eigenvalue weighted by Crippen LogP contribution is 2.34. The Balaban J connectivity index is 1.55. The number of nitrogens with one attached hydrogen (secondary N) is 1. The van der Waals surface area contributed by atoms with E-state index in [-0.39, 0.29) is 33.9 Å². The molecule has 0 saturated heterocycles. The van der Waals surface area contributed by atoms with Crippen molar-refractivity contribution in [3.8, 4) is 22.8 Å². The molecule has 0 unspecified atom stereocenters. The topological polar surface area (TPSA) is 102 Å². The molecule has 0 fully saturated rings. The number of aromatic amines is 1. The first-order valence-electron chi connectivity index (χ1n) is 10.1. The number of aromatic hydroxyl groups is 2. The van der Waals surface area contributed by atoms with E-state index in [0.29, 0.717) is 17.0 Å². The van der Waals surface area contributed by atoms with Crippen LogP contribution < -0.4 is 4.90 Å². The fourth-order valence-electron chi connectivity index (χ4n) is 3.65. The third-order valence-corrected chi connectivity index (χ3v) is 6.51. The van der Waals surface area contributed by atoms with Crippen molar-refractivity contribution in [2.24, 2.45) is 0 Å². The molecule has 0 spiro atoms. The van der Waals surface area contributed by atoms with Crippen LogP contribution in [-0.2, 0) is 6.54 Å². The summed E-state index contributed by atoms with van der Waals surface area (Å²) in [5.41, 5.74) is 3.63. The summed E-state index contributed by atoms with van der Waals surface area (Å²) in [7, 11) is 0. The highest BCUT2D eigenvalue weighted by molar-refractivity contribution is 7.07. The summed E-state index contributed by atoms with van der Waals surface area (Å²) in [6.07, 6.45) is 1.77. The lowest BCUT2D eigenvalue weighted by atomic mass is 10.1. The minimum Gasteiger partial charge on any atom is -0.507 e. The van der Waals surface area contributed by atoms with E-state index in [1.165, 1.54) is 22.3 Å². The van der Waals surface area contributed by atoms with Gasteiger partial charge in [-0.05, 0) is 58.3 Å². The number of nitrogens with zero attached hydrogens (tertiary/aromatic N) is 3. The Bertz CT molecular complexity index is 1500. The summed E-state index contributed by atoms with van der Waals surface area (Å²) < 4.78 is 0. The lowest BCUT2D eigenvalue weighted by Gasteiger charge is -2.23. The molecule has 0 bridgehead atoms. The van der Waals surface area contributed by atoms with Crippen molar-refractivity contribution in [1.82, 2.24) is 15.0 Å². The molecule has 0 saturated carbocycles. The van der Waals surface area contributed by atoms with Crippen molar-refractivity contribution < 1.29 is 15.0 Å². The van der Waals surface area contributed by atoms with Crippen LogP contribution in [0.4, 0.5) is 5.69 Å². The van der Waals surface area contributed by atoms with Gasteiger partial charge in [-0.25, -0.2) is 4.98 Å². The molecule has 3 N–H and O–H groups in total. The molecular formula is C24H16Cl2N4O3S. The number of thiophene rings is 1. The Labute approximate surface area is 207 Å².